The van der Waals surface area contributed by atoms with Gasteiger partial charge in [0.05, 0.1) is 7.85 Å². The van der Waals surface area contributed by atoms with Crippen LogP contribution in [-0.4, -0.2) is 15.4 Å². The van der Waals surface area contributed by atoms with Crippen LogP contribution in [0.4, 0.5) is 12.9 Å². The summed E-state index contributed by atoms with van der Waals surface area (Å²) in [5, 5.41) is 7.43. The number of rotatable bonds is 0. The number of hydrogen-bond acceptors (Lipinski definition) is 1. The molecule has 0 atom stereocenters. The van der Waals surface area contributed by atoms with Gasteiger partial charge in [0, 0.05) is 0 Å². The fourth-order valence-corrected chi connectivity index (χ4v) is 0. The molecule has 0 bridgehead atoms. The Kier molecular flexibility index (Phi) is 30.9. The van der Waals surface area contributed by atoms with Crippen molar-refractivity contribution in [2.45, 2.75) is 0 Å². The molecule has 0 aromatic rings. The van der Waals surface area contributed by atoms with Crippen LogP contribution >= 0.6 is 0 Å². The van der Waals surface area contributed by atoms with Crippen LogP contribution in [0.1, 0.15) is 0 Å². The van der Waals surface area contributed by atoms with Gasteiger partial charge in [-0.1, -0.05) is 0 Å². The van der Waals surface area contributed by atoms with Gasteiger partial charge in [-0.2, -0.15) is 5.97 Å². The summed E-state index contributed by atoms with van der Waals surface area (Å²) in [7, 11) is -3.60. The van der Waals surface area contributed by atoms with Crippen molar-refractivity contribution in [2.24, 2.45) is 0 Å². The summed E-state index contributed by atoms with van der Waals surface area (Å²) in [4.78, 5) is 0. The van der Waals surface area contributed by atoms with Crippen molar-refractivity contribution in [1.29, 1.82) is 5.26 Å². The maximum absolute atomic E-state index is 9.67. The van der Waals surface area contributed by atoms with Crippen molar-refractivity contribution in [2.75, 3.05) is 0 Å². The predicted octanol–water partition coefficient (Wildman–Crippen LogP) is -3.28. The first-order valence-corrected chi connectivity index (χ1v) is 0.878. The molecule has 0 heterocycles. The second-order valence-corrected chi connectivity index (χ2v) is 0.247. The van der Waals surface area contributed by atoms with Gasteiger partial charge in [-0.25, -0.2) is 0 Å². The third-order valence-electron chi connectivity index (χ3n) is 0. The minimum Gasteiger partial charge on any atom is -0.254 e. The molecule has 0 amide bonds. The molecule has 40 valence electrons. The Balaban J connectivity index is -0.0000000575. The summed E-state index contributed by atoms with van der Waals surface area (Å²) >= 11 is 0. The summed E-state index contributed by atoms with van der Waals surface area (Å²) in [6.45, 7) is 0. The molecule has 0 aliphatic heterocycles. The van der Waals surface area contributed by atoms with Crippen LogP contribution in [0, 0.1) is 11.2 Å². The Morgan fingerprint density at radius 1 is 1.38 bits per heavy atom. The van der Waals surface area contributed by atoms with Crippen molar-refractivity contribution in [1.82, 2.24) is 0 Å². The minimum atomic E-state index is -3.67. The summed E-state index contributed by atoms with van der Waals surface area (Å²) < 4.78 is 29.0. The second kappa shape index (κ2) is 15.7. The van der Waals surface area contributed by atoms with E-state index in [1.165, 1.54) is 0 Å². The SMILES string of the molecule is FB(F)F.[BH3-]C#N.[Na+]. The molecule has 0 saturated carbocycles. The van der Waals surface area contributed by atoms with E-state index in [0.717, 1.165) is 0 Å². The number of halogens is 3. The molecule has 7 heteroatoms. The van der Waals surface area contributed by atoms with Gasteiger partial charge in [0.2, 0.25) is 0 Å². The molecule has 8 heavy (non-hydrogen) atoms. The second-order valence-electron chi connectivity index (χ2n) is 0.247. The van der Waals surface area contributed by atoms with Crippen LogP contribution in [0.2, 0.25) is 0 Å². The zero-order valence-electron chi connectivity index (χ0n) is 3.66. The van der Waals surface area contributed by atoms with Crippen LogP contribution in [-0.2, 0) is 0 Å². The van der Waals surface area contributed by atoms with E-state index in [-0.39, 0.29) is 37.4 Å². The molecule has 0 radical (unpaired) electrons. The molecule has 0 rings (SSSR count). The largest absolute Gasteiger partial charge is 1.00 e. The van der Waals surface area contributed by atoms with Gasteiger partial charge in [0.15, 0.2) is 0 Å². The van der Waals surface area contributed by atoms with Crippen molar-refractivity contribution in [3.63, 3.8) is 0 Å². The minimum absolute atomic E-state index is 0. The summed E-state index contributed by atoms with van der Waals surface area (Å²) in [6, 6.07) is 0. The monoisotopic (exact) mass is 131 g/mol. The molecular weight excluding hydrogens is 128 g/mol. The Morgan fingerprint density at radius 3 is 1.38 bits per heavy atom. The third kappa shape index (κ3) is 1120. The average molecular weight is 131 g/mol. The van der Waals surface area contributed by atoms with Crippen LogP contribution < -0.4 is 29.6 Å². The number of nitriles is 1. The topological polar surface area (TPSA) is 23.8 Å². The Labute approximate surface area is 69.2 Å². The Bertz CT molecular complexity index is 60.0. The van der Waals surface area contributed by atoms with Crippen LogP contribution in [0.25, 0.3) is 0 Å². The summed E-state index contributed by atoms with van der Waals surface area (Å²) in [5.74, 6) is 2.00. The fourth-order valence-electron chi connectivity index (χ4n) is 0. The molecule has 0 aromatic carbocycles. The molecular formula is CH3B2F3NNa. The first-order chi connectivity index (χ1) is 3.15. The summed E-state index contributed by atoms with van der Waals surface area (Å²) in [5.41, 5.74) is 0. The van der Waals surface area contributed by atoms with E-state index in [0.29, 0.717) is 0 Å². The van der Waals surface area contributed by atoms with E-state index in [1.807, 2.05) is 5.97 Å². The molecule has 0 saturated heterocycles. The number of hydrogen-bond donors (Lipinski definition) is 0. The molecule has 0 aromatic heterocycles. The van der Waals surface area contributed by atoms with Crippen molar-refractivity contribution >= 4 is 15.4 Å². The van der Waals surface area contributed by atoms with Gasteiger partial charge < -0.3 is 0 Å². The molecule has 0 unspecified atom stereocenters. The zero-order valence-corrected chi connectivity index (χ0v) is 5.66. The predicted molar refractivity (Wildman–Crippen MR) is 24.6 cm³/mol. The van der Waals surface area contributed by atoms with Crippen LogP contribution in [0.3, 0.4) is 0 Å². The van der Waals surface area contributed by atoms with E-state index in [1.54, 1.807) is 0 Å². The van der Waals surface area contributed by atoms with E-state index in [9.17, 15) is 12.9 Å². The smallest absolute Gasteiger partial charge is 0.254 e. The van der Waals surface area contributed by atoms with E-state index in [2.05, 4.69) is 0 Å². The third-order valence-corrected chi connectivity index (χ3v) is 0. The van der Waals surface area contributed by atoms with E-state index in [4.69, 9.17) is 5.26 Å². The Morgan fingerprint density at radius 2 is 1.38 bits per heavy atom. The van der Waals surface area contributed by atoms with Crippen LogP contribution in [0.15, 0.2) is 0 Å². The fraction of sp³-hybridized carbons (Fsp3) is 0. The van der Waals surface area contributed by atoms with Gasteiger partial charge in [0.25, 0.3) is 0 Å². The van der Waals surface area contributed by atoms with Crippen molar-refractivity contribution < 1.29 is 42.5 Å². The van der Waals surface area contributed by atoms with Gasteiger partial charge in [-0.15, -0.1) is 0 Å². The molecule has 1 nitrogen and oxygen atoms in total. The molecule has 0 N–H and O–H groups in total. The molecule has 0 fully saturated rings. The average Bonchev–Trinajstić information content (AvgIpc) is 1.33. The first-order valence-electron chi connectivity index (χ1n) is 0.878. The van der Waals surface area contributed by atoms with E-state index < -0.39 is 7.54 Å². The molecule has 0 spiro atoms. The Hall–Kier alpha value is 0.410. The van der Waals surface area contributed by atoms with Gasteiger partial charge >= 0.3 is 37.1 Å². The van der Waals surface area contributed by atoms with Gasteiger partial charge in [-0.3, -0.25) is 18.2 Å². The summed E-state index contributed by atoms with van der Waals surface area (Å²) in [6.07, 6.45) is 0. The maximum Gasteiger partial charge on any atom is 1.00 e. The number of nitrogens with zero attached hydrogens (tertiary/aromatic N) is 1. The van der Waals surface area contributed by atoms with Crippen molar-refractivity contribution in [3.05, 3.63) is 0 Å². The molecule has 0 aliphatic rings. The maximum atomic E-state index is 9.67. The normalized spacial score (nSPS) is 4.38. The standard InChI is InChI=1S/CH3BN.BF3.Na/c2-1-3;2-1(3)4;/h2H3;;/q-1;;+1. The van der Waals surface area contributed by atoms with E-state index >= 15 is 0 Å². The zero-order chi connectivity index (χ0) is 6.28. The first kappa shape index (κ1) is 15.8. The van der Waals surface area contributed by atoms with Crippen LogP contribution in [0.5, 0.6) is 0 Å². The van der Waals surface area contributed by atoms with Gasteiger partial charge in [0.1, 0.15) is 0 Å². The quantitative estimate of drug-likeness (QED) is 0.316. The molecule has 0 aliphatic carbocycles. The van der Waals surface area contributed by atoms with Gasteiger partial charge in [-0.05, 0) is 0 Å². The van der Waals surface area contributed by atoms with Crippen molar-refractivity contribution in [3.8, 4) is 5.97 Å².